The summed E-state index contributed by atoms with van der Waals surface area (Å²) < 4.78 is 7.19. The van der Waals surface area contributed by atoms with Crippen LogP contribution in [0.15, 0.2) is 152 Å². The molecule has 10 rings (SSSR count). The smallest absolute Gasteiger partial charge is 0.101 e. The van der Waals surface area contributed by atoms with E-state index in [1.807, 2.05) is 35.6 Å². The molecule has 0 atom stereocenters. The quantitative estimate of drug-likeness (QED) is 0.195. The predicted octanol–water partition coefficient (Wildman–Crippen LogP) is 11.8. The van der Waals surface area contributed by atoms with Crippen molar-refractivity contribution in [2.75, 3.05) is 0 Å². The highest BCUT2D eigenvalue weighted by Gasteiger charge is 2.17. The van der Waals surface area contributed by atoms with Crippen molar-refractivity contribution in [2.24, 2.45) is 0 Å². The summed E-state index contributed by atoms with van der Waals surface area (Å²) in [6.45, 7) is 0. The highest BCUT2D eigenvalue weighted by molar-refractivity contribution is 7.25. The van der Waals surface area contributed by atoms with Gasteiger partial charge in [0.1, 0.15) is 6.07 Å². The van der Waals surface area contributed by atoms with Gasteiger partial charge in [-0.2, -0.15) is 5.26 Å². The number of aromatic nitrogens is 2. The molecule has 3 nitrogen and oxygen atoms in total. The molecule has 0 bridgehead atoms. The van der Waals surface area contributed by atoms with E-state index in [1.165, 1.54) is 69.6 Å². The number of para-hydroxylation sites is 4. The van der Waals surface area contributed by atoms with Crippen LogP contribution >= 0.6 is 11.3 Å². The van der Waals surface area contributed by atoms with Crippen LogP contribution in [0, 0.1) is 11.3 Å². The van der Waals surface area contributed by atoms with Crippen LogP contribution < -0.4 is 0 Å². The van der Waals surface area contributed by atoms with E-state index in [0.717, 1.165) is 16.7 Å². The molecule has 47 heavy (non-hydrogen) atoms. The normalized spacial score (nSPS) is 11.8. The minimum atomic E-state index is 0.661. The van der Waals surface area contributed by atoms with Crippen LogP contribution in [0.1, 0.15) is 5.56 Å². The molecule has 7 aromatic carbocycles. The maximum Gasteiger partial charge on any atom is 0.101 e. The summed E-state index contributed by atoms with van der Waals surface area (Å²) in [5.74, 6) is 0. The number of benzene rings is 7. The van der Waals surface area contributed by atoms with Gasteiger partial charge in [-0.15, -0.1) is 11.3 Å². The average molecular weight is 616 g/mol. The van der Waals surface area contributed by atoms with E-state index in [2.05, 4.69) is 143 Å². The summed E-state index contributed by atoms with van der Waals surface area (Å²) in [5.41, 5.74) is 9.73. The number of fused-ring (bicyclic) bond motifs is 9. The molecule has 0 spiro atoms. The predicted molar refractivity (Wildman–Crippen MR) is 198 cm³/mol. The molecular formula is C43H25N3S. The van der Waals surface area contributed by atoms with Gasteiger partial charge in [-0.25, -0.2) is 0 Å². The molecule has 3 heterocycles. The molecule has 10 aromatic rings. The molecule has 0 fully saturated rings. The number of hydrogen-bond acceptors (Lipinski definition) is 2. The van der Waals surface area contributed by atoms with E-state index in [-0.39, 0.29) is 0 Å². The Labute approximate surface area is 274 Å². The van der Waals surface area contributed by atoms with Gasteiger partial charge in [0.25, 0.3) is 0 Å². The fraction of sp³-hybridized carbons (Fsp3) is 0. The van der Waals surface area contributed by atoms with Crippen molar-refractivity contribution in [3.8, 4) is 28.6 Å². The van der Waals surface area contributed by atoms with Crippen molar-refractivity contribution >= 4 is 75.1 Å². The highest BCUT2D eigenvalue weighted by Crippen LogP contribution is 2.41. The van der Waals surface area contributed by atoms with Crippen molar-refractivity contribution in [2.45, 2.75) is 0 Å². The third kappa shape index (κ3) is 3.78. The molecule has 0 radical (unpaired) electrons. The van der Waals surface area contributed by atoms with E-state index in [9.17, 15) is 5.26 Å². The van der Waals surface area contributed by atoms with Crippen LogP contribution in [-0.4, -0.2) is 9.13 Å². The second kappa shape index (κ2) is 9.92. The fourth-order valence-electron chi connectivity index (χ4n) is 7.46. The summed E-state index contributed by atoms with van der Waals surface area (Å²) >= 11 is 1.85. The van der Waals surface area contributed by atoms with Gasteiger partial charge in [-0.3, -0.25) is 0 Å². The van der Waals surface area contributed by atoms with Crippen LogP contribution in [0.2, 0.25) is 0 Å². The third-order valence-electron chi connectivity index (χ3n) is 9.56. The van der Waals surface area contributed by atoms with Crippen LogP contribution in [0.25, 0.3) is 86.3 Å². The van der Waals surface area contributed by atoms with E-state index >= 15 is 0 Å². The lowest BCUT2D eigenvalue weighted by atomic mass is 10.0. The van der Waals surface area contributed by atoms with Gasteiger partial charge in [0.2, 0.25) is 0 Å². The molecule has 0 N–H and O–H groups in total. The molecular weight excluding hydrogens is 591 g/mol. The van der Waals surface area contributed by atoms with Crippen LogP contribution in [0.5, 0.6) is 0 Å². The van der Waals surface area contributed by atoms with E-state index in [1.54, 1.807) is 0 Å². The van der Waals surface area contributed by atoms with Crippen molar-refractivity contribution < 1.29 is 0 Å². The summed E-state index contributed by atoms with van der Waals surface area (Å²) in [6.07, 6.45) is 0. The molecule has 0 saturated heterocycles. The Kier molecular flexibility index (Phi) is 5.51. The molecule has 3 aromatic heterocycles. The van der Waals surface area contributed by atoms with Crippen molar-refractivity contribution in [1.82, 2.24) is 9.13 Å². The highest BCUT2D eigenvalue weighted by atomic mass is 32.1. The first-order valence-electron chi connectivity index (χ1n) is 15.7. The minimum Gasteiger partial charge on any atom is -0.309 e. The lowest BCUT2D eigenvalue weighted by Gasteiger charge is -2.10. The second-order valence-electron chi connectivity index (χ2n) is 12.1. The Morgan fingerprint density at radius 3 is 1.64 bits per heavy atom. The fourth-order valence-corrected chi connectivity index (χ4v) is 8.53. The van der Waals surface area contributed by atoms with Gasteiger partial charge in [0, 0.05) is 47.4 Å². The summed E-state index contributed by atoms with van der Waals surface area (Å²) in [6, 6.07) is 56.6. The molecule has 0 aliphatic rings. The zero-order chi connectivity index (χ0) is 31.1. The second-order valence-corrected chi connectivity index (χ2v) is 13.2. The van der Waals surface area contributed by atoms with Gasteiger partial charge < -0.3 is 9.13 Å². The molecule has 0 saturated carbocycles. The van der Waals surface area contributed by atoms with Gasteiger partial charge in [0.15, 0.2) is 0 Å². The van der Waals surface area contributed by atoms with Crippen LogP contribution in [0.4, 0.5) is 0 Å². The van der Waals surface area contributed by atoms with Crippen molar-refractivity contribution in [3.05, 3.63) is 157 Å². The maximum absolute atomic E-state index is 9.90. The Bertz CT molecular complexity index is 2880. The Morgan fingerprint density at radius 2 is 0.936 bits per heavy atom. The standard InChI is InChI=1S/C43H25N3S/c44-26-29-9-1-5-13-37(29)46-40-16-8-4-12-33(40)34-23-27(17-20-41(34)46)28-18-21-42-35(24-28)36-25-30(19-22-43(36)47-42)45-38-14-6-2-10-31(38)32-11-3-7-15-39(32)45/h1-25H. The van der Waals surface area contributed by atoms with E-state index in [0.29, 0.717) is 5.56 Å². The zero-order valence-electron chi connectivity index (χ0n) is 25.2. The minimum absolute atomic E-state index is 0.661. The van der Waals surface area contributed by atoms with E-state index < -0.39 is 0 Å². The topological polar surface area (TPSA) is 33.6 Å². The summed E-state index contributed by atoms with van der Waals surface area (Å²) in [4.78, 5) is 0. The van der Waals surface area contributed by atoms with Gasteiger partial charge >= 0.3 is 0 Å². The number of nitrogens with zero attached hydrogens (tertiary/aromatic N) is 3. The molecule has 218 valence electrons. The number of rotatable bonds is 3. The van der Waals surface area contributed by atoms with Crippen molar-refractivity contribution in [1.29, 1.82) is 5.26 Å². The lowest BCUT2D eigenvalue weighted by molar-refractivity contribution is 1.17. The largest absolute Gasteiger partial charge is 0.309 e. The summed E-state index contributed by atoms with van der Waals surface area (Å²) in [7, 11) is 0. The van der Waals surface area contributed by atoms with Gasteiger partial charge in [-0.1, -0.05) is 78.9 Å². The number of thiophene rings is 1. The lowest BCUT2D eigenvalue weighted by Crippen LogP contribution is -1.96. The van der Waals surface area contributed by atoms with Crippen LogP contribution in [-0.2, 0) is 0 Å². The van der Waals surface area contributed by atoms with Gasteiger partial charge in [0.05, 0.1) is 33.3 Å². The molecule has 4 heteroatoms. The Hall–Kier alpha value is -6.15. The molecule has 0 aliphatic carbocycles. The summed E-state index contributed by atoms with van der Waals surface area (Å²) in [5, 5.41) is 17.3. The Balaban J connectivity index is 1.16. The van der Waals surface area contributed by atoms with E-state index in [4.69, 9.17) is 0 Å². The number of hydrogen-bond donors (Lipinski definition) is 0. The monoisotopic (exact) mass is 615 g/mol. The SMILES string of the molecule is N#Cc1ccccc1-n1c2ccccc2c2cc(-c3ccc4sc5ccc(-n6c7ccccc7c7ccccc76)cc5c4c3)ccc21. The average Bonchev–Trinajstić information content (AvgIpc) is 3.78. The van der Waals surface area contributed by atoms with Crippen molar-refractivity contribution in [3.63, 3.8) is 0 Å². The maximum atomic E-state index is 9.90. The first kappa shape index (κ1) is 26.1. The first-order chi connectivity index (χ1) is 23.3. The zero-order valence-corrected chi connectivity index (χ0v) is 26.0. The molecule has 0 amide bonds. The molecule has 0 aliphatic heterocycles. The third-order valence-corrected chi connectivity index (χ3v) is 10.7. The van der Waals surface area contributed by atoms with Gasteiger partial charge in [-0.05, 0) is 83.9 Å². The Morgan fingerprint density at radius 1 is 0.426 bits per heavy atom. The number of nitriles is 1. The first-order valence-corrected chi connectivity index (χ1v) is 16.6. The molecule has 0 unspecified atom stereocenters. The van der Waals surface area contributed by atoms with Crippen LogP contribution in [0.3, 0.4) is 0 Å².